The molecule has 1 aliphatic heterocycles. The van der Waals surface area contributed by atoms with E-state index >= 15 is 0 Å². The van der Waals surface area contributed by atoms with Crippen molar-refractivity contribution < 1.29 is 14.4 Å². The minimum absolute atomic E-state index is 0.338. The molecule has 0 radical (unpaired) electrons. The number of amides is 3. The molecule has 1 atom stereocenters. The Bertz CT molecular complexity index is 870. The number of nitrogens with one attached hydrogen (secondary N) is 1. The minimum atomic E-state index is -0.908. The Morgan fingerprint density at radius 2 is 1.50 bits per heavy atom. The van der Waals surface area contributed by atoms with E-state index in [2.05, 4.69) is 31.0 Å². The smallest absolute Gasteiger partial charge is 0.262 e. The molecule has 1 N–H and O–H groups in total. The average molecular weight is 379 g/mol. The number of hydrogen-bond acceptors (Lipinski definition) is 4. The van der Waals surface area contributed by atoms with Gasteiger partial charge >= 0.3 is 0 Å². The normalized spacial score (nSPS) is 14.2. The number of hydrogen-bond donors (Lipinski definition) is 1. The van der Waals surface area contributed by atoms with Gasteiger partial charge in [-0.25, -0.2) is 0 Å². The van der Waals surface area contributed by atoms with E-state index in [1.807, 2.05) is 24.3 Å². The second-order valence-corrected chi connectivity index (χ2v) is 7.12. The molecule has 0 saturated heterocycles. The van der Waals surface area contributed by atoms with Crippen molar-refractivity contribution in [2.75, 3.05) is 16.8 Å². The lowest BCUT2D eigenvalue weighted by molar-refractivity contribution is -0.119. The van der Waals surface area contributed by atoms with E-state index in [9.17, 15) is 14.4 Å². The van der Waals surface area contributed by atoms with Crippen molar-refractivity contribution in [3.05, 3.63) is 59.7 Å². The topological polar surface area (TPSA) is 69.7 Å². The molecule has 2 aromatic carbocycles. The van der Waals surface area contributed by atoms with E-state index < -0.39 is 23.8 Å². The Morgan fingerprint density at radius 1 is 0.964 bits per heavy atom. The van der Waals surface area contributed by atoms with Crippen LogP contribution in [0.3, 0.4) is 0 Å². The van der Waals surface area contributed by atoms with Gasteiger partial charge in [0.05, 0.1) is 11.1 Å². The van der Waals surface area contributed by atoms with Crippen LogP contribution in [0.2, 0.25) is 0 Å². The third-order valence-electron chi connectivity index (χ3n) is 5.02. The van der Waals surface area contributed by atoms with Gasteiger partial charge in [-0.2, -0.15) is 0 Å². The summed E-state index contributed by atoms with van der Waals surface area (Å²) in [5, 5.41) is 2.80. The van der Waals surface area contributed by atoms with E-state index in [0.717, 1.165) is 17.1 Å². The summed E-state index contributed by atoms with van der Waals surface area (Å²) >= 11 is 0. The van der Waals surface area contributed by atoms with Crippen molar-refractivity contribution >= 4 is 29.1 Å². The zero-order chi connectivity index (χ0) is 20.4. The van der Waals surface area contributed by atoms with Crippen LogP contribution in [0.4, 0.5) is 11.4 Å². The molecule has 0 fully saturated rings. The lowest BCUT2D eigenvalue weighted by atomic mass is 10.1. The fourth-order valence-electron chi connectivity index (χ4n) is 3.51. The third kappa shape index (κ3) is 3.50. The van der Waals surface area contributed by atoms with Gasteiger partial charge in [-0.15, -0.1) is 0 Å². The van der Waals surface area contributed by atoms with Crippen molar-refractivity contribution in [2.24, 2.45) is 0 Å². The van der Waals surface area contributed by atoms with Gasteiger partial charge in [-0.05, 0) is 64.1 Å². The zero-order valence-electron chi connectivity index (χ0n) is 16.6. The van der Waals surface area contributed by atoms with Crippen LogP contribution in [-0.4, -0.2) is 41.2 Å². The van der Waals surface area contributed by atoms with Gasteiger partial charge in [0, 0.05) is 24.0 Å². The zero-order valence-corrected chi connectivity index (χ0v) is 16.6. The summed E-state index contributed by atoms with van der Waals surface area (Å²) in [5.41, 5.74) is 2.37. The molecule has 0 spiro atoms. The summed E-state index contributed by atoms with van der Waals surface area (Å²) in [6, 6.07) is 13.6. The largest absolute Gasteiger partial charge is 0.369 e. The van der Waals surface area contributed by atoms with Gasteiger partial charge in [0.15, 0.2) is 0 Å². The van der Waals surface area contributed by atoms with E-state index in [1.54, 1.807) is 31.2 Å². The van der Waals surface area contributed by atoms with Crippen LogP contribution < -0.4 is 10.2 Å². The fraction of sp³-hybridized carbons (Fsp3) is 0.318. The van der Waals surface area contributed by atoms with Crippen molar-refractivity contribution in [1.82, 2.24) is 4.90 Å². The molecular weight excluding hydrogens is 354 g/mol. The fourth-order valence-corrected chi connectivity index (χ4v) is 3.51. The van der Waals surface area contributed by atoms with Gasteiger partial charge in [0.1, 0.15) is 6.04 Å². The van der Waals surface area contributed by atoms with Gasteiger partial charge in [0.2, 0.25) is 5.91 Å². The Balaban J connectivity index is 1.72. The lowest BCUT2D eigenvalue weighted by Gasteiger charge is -2.27. The summed E-state index contributed by atoms with van der Waals surface area (Å²) in [5.74, 6) is -1.28. The highest BCUT2D eigenvalue weighted by Crippen LogP contribution is 2.25. The summed E-state index contributed by atoms with van der Waals surface area (Å²) in [6.45, 7) is 8.80. The predicted molar refractivity (Wildman–Crippen MR) is 110 cm³/mol. The summed E-state index contributed by atoms with van der Waals surface area (Å²) < 4.78 is 0. The molecule has 0 aromatic heterocycles. The SMILES string of the molecule is CCN(c1ccc(NC(=O)[C@H](C)N2C(=O)c3ccccc3C2=O)cc1)C(C)C. The number of carbonyl (C=O) groups is 3. The Morgan fingerprint density at radius 3 is 1.96 bits per heavy atom. The molecule has 0 bridgehead atoms. The van der Waals surface area contributed by atoms with Crippen LogP contribution in [0.1, 0.15) is 48.4 Å². The standard InChI is InChI=1S/C22H25N3O3/c1-5-24(14(2)3)17-12-10-16(11-13-17)23-20(26)15(4)25-21(27)18-8-6-7-9-19(18)22(25)28/h6-15H,5H2,1-4H3,(H,23,26)/t15-/m0/s1. The number of benzene rings is 2. The van der Waals surface area contributed by atoms with Gasteiger partial charge in [0.25, 0.3) is 11.8 Å². The number of imide groups is 1. The molecule has 3 amide bonds. The highest BCUT2D eigenvalue weighted by Gasteiger charge is 2.40. The number of fused-ring (bicyclic) bond motifs is 1. The van der Waals surface area contributed by atoms with Crippen LogP contribution in [0, 0.1) is 0 Å². The number of carbonyl (C=O) groups excluding carboxylic acids is 3. The van der Waals surface area contributed by atoms with Gasteiger partial charge in [-0.3, -0.25) is 19.3 Å². The Hall–Kier alpha value is -3.15. The molecule has 146 valence electrons. The van der Waals surface area contributed by atoms with Crippen LogP contribution in [-0.2, 0) is 4.79 Å². The first-order chi connectivity index (χ1) is 13.3. The molecule has 2 aromatic rings. The van der Waals surface area contributed by atoms with Gasteiger partial charge < -0.3 is 10.2 Å². The van der Waals surface area contributed by atoms with Crippen LogP contribution in [0.25, 0.3) is 0 Å². The van der Waals surface area contributed by atoms with Crippen molar-refractivity contribution in [3.63, 3.8) is 0 Å². The van der Waals surface area contributed by atoms with E-state index in [0.29, 0.717) is 22.9 Å². The minimum Gasteiger partial charge on any atom is -0.369 e. The molecule has 3 rings (SSSR count). The van der Waals surface area contributed by atoms with Gasteiger partial charge in [-0.1, -0.05) is 12.1 Å². The molecule has 0 aliphatic carbocycles. The number of nitrogens with zero attached hydrogens (tertiary/aromatic N) is 2. The maximum absolute atomic E-state index is 12.7. The van der Waals surface area contributed by atoms with Crippen LogP contribution in [0.5, 0.6) is 0 Å². The third-order valence-corrected chi connectivity index (χ3v) is 5.02. The van der Waals surface area contributed by atoms with E-state index in [-0.39, 0.29) is 0 Å². The summed E-state index contributed by atoms with van der Waals surface area (Å²) in [7, 11) is 0. The number of anilines is 2. The lowest BCUT2D eigenvalue weighted by Crippen LogP contribution is -2.45. The first kappa shape index (κ1) is 19.6. The molecular formula is C22H25N3O3. The van der Waals surface area contributed by atoms with Crippen LogP contribution >= 0.6 is 0 Å². The van der Waals surface area contributed by atoms with Crippen molar-refractivity contribution in [1.29, 1.82) is 0 Å². The number of rotatable bonds is 6. The quantitative estimate of drug-likeness (QED) is 0.780. The van der Waals surface area contributed by atoms with E-state index in [1.165, 1.54) is 0 Å². The maximum Gasteiger partial charge on any atom is 0.262 e. The Kier molecular flexibility index (Phi) is 5.49. The van der Waals surface area contributed by atoms with Crippen molar-refractivity contribution in [2.45, 2.75) is 39.8 Å². The second kappa shape index (κ2) is 7.84. The summed E-state index contributed by atoms with van der Waals surface area (Å²) in [6.07, 6.45) is 0. The van der Waals surface area contributed by atoms with E-state index in [4.69, 9.17) is 0 Å². The molecule has 28 heavy (non-hydrogen) atoms. The highest BCUT2D eigenvalue weighted by molar-refractivity contribution is 6.23. The first-order valence-electron chi connectivity index (χ1n) is 9.49. The Labute approximate surface area is 165 Å². The van der Waals surface area contributed by atoms with Crippen molar-refractivity contribution in [3.8, 4) is 0 Å². The monoisotopic (exact) mass is 379 g/mol. The summed E-state index contributed by atoms with van der Waals surface area (Å²) in [4.78, 5) is 41.0. The molecule has 6 heteroatoms. The molecule has 0 saturated carbocycles. The molecule has 6 nitrogen and oxygen atoms in total. The second-order valence-electron chi connectivity index (χ2n) is 7.12. The maximum atomic E-state index is 12.7. The average Bonchev–Trinajstić information content (AvgIpc) is 2.94. The molecule has 1 heterocycles. The highest BCUT2D eigenvalue weighted by atomic mass is 16.2. The predicted octanol–water partition coefficient (Wildman–Crippen LogP) is 3.54. The van der Waals surface area contributed by atoms with Crippen LogP contribution in [0.15, 0.2) is 48.5 Å². The molecule has 0 unspecified atom stereocenters. The first-order valence-corrected chi connectivity index (χ1v) is 9.49. The molecule has 1 aliphatic rings.